The number of likely N-dealkylation sites (tertiary alicyclic amines) is 1. The van der Waals surface area contributed by atoms with E-state index in [1.165, 1.54) is 11.1 Å². The number of fused-ring (bicyclic) bond motifs is 1. The zero-order chi connectivity index (χ0) is 23.7. The summed E-state index contributed by atoms with van der Waals surface area (Å²) in [5.41, 5.74) is 3.72. The number of benzene rings is 1. The number of aliphatic hydroxyl groups excluding tert-OH is 1. The lowest BCUT2D eigenvalue weighted by Gasteiger charge is -2.34. The second-order valence-electron chi connectivity index (χ2n) is 9.35. The van der Waals surface area contributed by atoms with Crippen molar-refractivity contribution >= 4 is 16.7 Å². The van der Waals surface area contributed by atoms with Gasteiger partial charge in [0, 0.05) is 24.5 Å². The highest BCUT2D eigenvalue weighted by Crippen LogP contribution is 2.34. The quantitative estimate of drug-likeness (QED) is 0.593. The van der Waals surface area contributed by atoms with Crippen LogP contribution in [0, 0.1) is 6.92 Å². The van der Waals surface area contributed by atoms with Crippen LogP contribution in [0.25, 0.3) is 16.7 Å². The maximum Gasteiger partial charge on any atom is 0.320 e. The highest BCUT2D eigenvalue weighted by atomic mass is 16.5. The van der Waals surface area contributed by atoms with Crippen LogP contribution >= 0.6 is 0 Å². The van der Waals surface area contributed by atoms with Crippen LogP contribution in [-0.4, -0.2) is 88.9 Å². The molecule has 0 radical (unpaired) electrons. The fraction of sp³-hybridized carbons (Fsp3) is 0.560. The molecule has 182 valence electrons. The van der Waals surface area contributed by atoms with Gasteiger partial charge in [0.25, 0.3) is 0 Å². The van der Waals surface area contributed by atoms with E-state index in [0.29, 0.717) is 31.0 Å². The second-order valence-corrected chi connectivity index (χ2v) is 9.35. The molecule has 2 aliphatic heterocycles. The number of nitrogens with zero attached hydrogens (tertiary/aromatic N) is 6. The Morgan fingerprint density at radius 3 is 2.65 bits per heavy atom. The number of hydrogen-bond donors (Lipinski definition) is 1. The number of β-amino-alcohol motifs (C(OH)–C–C–N with tert-alkyl or cyclic N) is 1. The molecule has 5 rings (SSSR count). The van der Waals surface area contributed by atoms with Crippen molar-refractivity contribution in [1.29, 1.82) is 0 Å². The lowest BCUT2D eigenvalue weighted by atomic mass is 9.86. The van der Waals surface area contributed by atoms with Gasteiger partial charge in [-0.05, 0) is 69.0 Å². The van der Waals surface area contributed by atoms with Crippen molar-refractivity contribution in [2.75, 3.05) is 58.0 Å². The summed E-state index contributed by atoms with van der Waals surface area (Å²) >= 11 is 0. The van der Waals surface area contributed by atoms with Crippen LogP contribution < -0.4 is 9.64 Å². The van der Waals surface area contributed by atoms with E-state index in [0.717, 1.165) is 55.7 Å². The van der Waals surface area contributed by atoms with Crippen molar-refractivity contribution in [2.45, 2.75) is 38.6 Å². The zero-order valence-corrected chi connectivity index (χ0v) is 20.3. The van der Waals surface area contributed by atoms with Crippen molar-refractivity contribution < 1.29 is 14.6 Å². The minimum atomic E-state index is 0.224. The molecule has 9 nitrogen and oxygen atoms in total. The van der Waals surface area contributed by atoms with Crippen molar-refractivity contribution in [1.82, 2.24) is 24.6 Å². The van der Waals surface area contributed by atoms with Crippen molar-refractivity contribution in [3.63, 3.8) is 0 Å². The molecule has 2 aromatic heterocycles. The van der Waals surface area contributed by atoms with E-state index in [2.05, 4.69) is 45.7 Å². The molecular formula is C25H34N6O3. The topological polar surface area (TPSA) is 88.8 Å². The minimum Gasteiger partial charge on any atom is -0.467 e. The van der Waals surface area contributed by atoms with Gasteiger partial charge in [-0.3, -0.25) is 0 Å². The molecule has 0 unspecified atom stereocenters. The third-order valence-electron chi connectivity index (χ3n) is 7.14. The molecule has 0 spiro atoms. The monoisotopic (exact) mass is 466 g/mol. The number of methoxy groups -OCH3 is 1. The number of aromatic nitrogens is 4. The number of morpholine rings is 1. The molecule has 34 heavy (non-hydrogen) atoms. The SMILES string of the molecule is COc1nc(N2CCOC[C@@H]2C)cc(-n2ncc3cc(C)c(C4CCN(CCO)CC4)cc32)n1. The summed E-state index contributed by atoms with van der Waals surface area (Å²) in [5, 5.41) is 15.1. The molecule has 3 aromatic rings. The maximum atomic E-state index is 9.25. The highest BCUT2D eigenvalue weighted by molar-refractivity contribution is 5.82. The van der Waals surface area contributed by atoms with E-state index >= 15 is 0 Å². The Hall–Kier alpha value is -2.75. The average molecular weight is 467 g/mol. The third kappa shape index (κ3) is 4.47. The van der Waals surface area contributed by atoms with Crippen molar-refractivity contribution in [3.8, 4) is 11.8 Å². The van der Waals surface area contributed by atoms with E-state index in [4.69, 9.17) is 14.6 Å². The highest BCUT2D eigenvalue weighted by Gasteiger charge is 2.24. The molecule has 1 N–H and O–H groups in total. The summed E-state index contributed by atoms with van der Waals surface area (Å²) in [7, 11) is 1.59. The van der Waals surface area contributed by atoms with Gasteiger partial charge in [-0.1, -0.05) is 0 Å². The first-order chi connectivity index (χ1) is 16.6. The van der Waals surface area contributed by atoms with Crippen LogP contribution in [0.4, 0.5) is 5.82 Å². The number of aryl methyl sites for hydroxylation is 1. The molecule has 1 aromatic carbocycles. The lowest BCUT2D eigenvalue weighted by molar-refractivity contribution is 0.0984. The summed E-state index contributed by atoms with van der Waals surface area (Å²) in [6.07, 6.45) is 4.10. The number of piperidine rings is 1. The number of hydrogen-bond acceptors (Lipinski definition) is 8. The predicted octanol–water partition coefficient (Wildman–Crippen LogP) is 2.53. The smallest absolute Gasteiger partial charge is 0.320 e. The van der Waals surface area contributed by atoms with E-state index < -0.39 is 0 Å². The van der Waals surface area contributed by atoms with Gasteiger partial charge in [-0.25, -0.2) is 4.68 Å². The maximum absolute atomic E-state index is 9.25. The number of aliphatic hydroxyl groups is 1. The van der Waals surface area contributed by atoms with Gasteiger partial charge >= 0.3 is 6.01 Å². The molecule has 2 aliphatic rings. The van der Waals surface area contributed by atoms with Gasteiger partial charge < -0.3 is 24.4 Å². The molecule has 2 saturated heterocycles. The Morgan fingerprint density at radius 1 is 1.12 bits per heavy atom. The Labute approximate surface area is 200 Å². The second kappa shape index (κ2) is 9.85. The zero-order valence-electron chi connectivity index (χ0n) is 20.3. The Balaban J connectivity index is 1.51. The number of anilines is 1. The molecule has 2 fully saturated rings. The first kappa shape index (κ1) is 23.0. The fourth-order valence-electron chi connectivity index (χ4n) is 5.25. The van der Waals surface area contributed by atoms with Gasteiger partial charge in [-0.2, -0.15) is 15.1 Å². The first-order valence-corrected chi connectivity index (χ1v) is 12.2. The summed E-state index contributed by atoms with van der Waals surface area (Å²) in [4.78, 5) is 13.8. The third-order valence-corrected chi connectivity index (χ3v) is 7.14. The van der Waals surface area contributed by atoms with Crippen LogP contribution in [0.5, 0.6) is 6.01 Å². The largest absolute Gasteiger partial charge is 0.467 e. The standard InChI is InChI=1S/C25H34N6O3/c1-17-12-20-15-26-31(22(20)13-21(17)19-4-6-29(7-5-19)8-10-32)24-14-23(27-25(28-24)33-3)30-9-11-34-16-18(30)2/h12-15,18-19,32H,4-11,16H2,1-3H3/t18-/m0/s1. The first-order valence-electron chi connectivity index (χ1n) is 12.2. The number of rotatable bonds is 6. The van der Waals surface area contributed by atoms with E-state index in [9.17, 15) is 5.11 Å². The molecule has 4 heterocycles. The Morgan fingerprint density at radius 2 is 1.91 bits per heavy atom. The van der Waals surface area contributed by atoms with Gasteiger partial charge in [-0.15, -0.1) is 0 Å². The van der Waals surface area contributed by atoms with Crippen LogP contribution in [0.3, 0.4) is 0 Å². The molecule has 0 aliphatic carbocycles. The molecular weight excluding hydrogens is 432 g/mol. The summed E-state index contributed by atoms with van der Waals surface area (Å²) in [6, 6.07) is 7.07. The lowest BCUT2D eigenvalue weighted by Crippen LogP contribution is -2.44. The normalized spacial score (nSPS) is 20.2. The Kier molecular flexibility index (Phi) is 6.67. The average Bonchev–Trinajstić information content (AvgIpc) is 3.27. The van der Waals surface area contributed by atoms with E-state index in [-0.39, 0.29) is 12.6 Å². The van der Waals surface area contributed by atoms with Crippen LogP contribution in [0.1, 0.15) is 36.8 Å². The number of ether oxygens (including phenoxy) is 2. The fourth-order valence-corrected chi connectivity index (χ4v) is 5.25. The molecule has 0 amide bonds. The van der Waals surface area contributed by atoms with Crippen molar-refractivity contribution in [3.05, 3.63) is 35.5 Å². The van der Waals surface area contributed by atoms with Crippen molar-refractivity contribution in [2.24, 2.45) is 0 Å². The van der Waals surface area contributed by atoms with Crippen LogP contribution in [-0.2, 0) is 4.74 Å². The van der Waals surface area contributed by atoms with Gasteiger partial charge in [0.15, 0.2) is 5.82 Å². The van der Waals surface area contributed by atoms with Gasteiger partial charge in [0.2, 0.25) is 0 Å². The molecule has 9 heteroatoms. The van der Waals surface area contributed by atoms with E-state index in [1.54, 1.807) is 7.11 Å². The summed E-state index contributed by atoms with van der Waals surface area (Å²) in [5.74, 6) is 2.03. The van der Waals surface area contributed by atoms with Crippen LogP contribution in [0.2, 0.25) is 0 Å². The predicted molar refractivity (Wildman–Crippen MR) is 131 cm³/mol. The van der Waals surface area contributed by atoms with Crippen LogP contribution in [0.15, 0.2) is 24.4 Å². The van der Waals surface area contributed by atoms with Gasteiger partial charge in [0.05, 0.1) is 44.7 Å². The molecule has 0 saturated carbocycles. The Bertz CT molecular complexity index is 1140. The van der Waals surface area contributed by atoms with E-state index in [1.807, 2.05) is 16.9 Å². The molecule has 0 bridgehead atoms. The minimum absolute atomic E-state index is 0.224. The summed E-state index contributed by atoms with van der Waals surface area (Å²) < 4.78 is 13.0. The summed E-state index contributed by atoms with van der Waals surface area (Å²) in [6.45, 7) is 9.48. The van der Waals surface area contributed by atoms with Gasteiger partial charge in [0.1, 0.15) is 5.82 Å². The molecule has 1 atom stereocenters.